The van der Waals surface area contributed by atoms with Crippen molar-refractivity contribution in [3.8, 4) is 11.5 Å². The van der Waals surface area contributed by atoms with Gasteiger partial charge in [-0.25, -0.2) is 0 Å². The maximum Gasteiger partial charge on any atom is 0.387 e. The minimum absolute atomic E-state index is 0.00664. The lowest BCUT2D eigenvalue weighted by atomic mass is 10.2. The summed E-state index contributed by atoms with van der Waals surface area (Å²) in [6.45, 7) is -1.65. The van der Waals surface area contributed by atoms with E-state index < -0.39 is 12.5 Å². The molecule has 3 rings (SSSR count). The third-order valence-electron chi connectivity index (χ3n) is 4.19. The second kappa shape index (κ2) is 8.69. The Bertz CT molecular complexity index is 869. The third-order valence-corrected chi connectivity index (χ3v) is 4.19. The highest BCUT2D eigenvalue weighted by atomic mass is 19.3. The Kier molecular flexibility index (Phi) is 6.08. The van der Waals surface area contributed by atoms with Crippen LogP contribution in [0.15, 0.2) is 42.5 Å². The zero-order valence-corrected chi connectivity index (χ0v) is 15.2. The van der Waals surface area contributed by atoms with Gasteiger partial charge in [-0.15, -0.1) is 0 Å². The fourth-order valence-electron chi connectivity index (χ4n) is 2.56. The molecule has 0 saturated heterocycles. The summed E-state index contributed by atoms with van der Waals surface area (Å²) in [5.74, 6) is 0.0347. The molecular weight excluding hydrogens is 370 g/mol. The first-order chi connectivity index (χ1) is 13.4. The third kappa shape index (κ3) is 5.42. The molecule has 28 heavy (non-hydrogen) atoms. The molecule has 0 atom stereocenters. The molecule has 1 saturated carbocycles. The van der Waals surface area contributed by atoms with Gasteiger partial charge in [0.1, 0.15) is 11.5 Å². The van der Waals surface area contributed by atoms with Crippen LogP contribution in [0, 0.1) is 12.8 Å². The number of anilines is 2. The van der Waals surface area contributed by atoms with Crippen LogP contribution in [0.1, 0.15) is 18.4 Å². The first kappa shape index (κ1) is 19.6. The molecule has 0 aliphatic heterocycles. The number of benzene rings is 2. The van der Waals surface area contributed by atoms with Crippen LogP contribution in [-0.4, -0.2) is 25.0 Å². The molecule has 2 aromatic carbocycles. The lowest BCUT2D eigenvalue weighted by molar-refractivity contribution is -0.118. The Labute approximate surface area is 160 Å². The standard InChI is InChI=1S/C20H20F2N2O4/c1-12-16(6-3-7-17(12)28-20(21)22)24-18(25)11-27-15-5-2-4-14(10-15)23-19(26)13-8-9-13/h2-7,10,13,20H,8-9,11H2,1H3,(H,23,26)(H,24,25). The van der Waals surface area contributed by atoms with Gasteiger partial charge in [-0.1, -0.05) is 12.1 Å². The van der Waals surface area contributed by atoms with Crippen LogP contribution < -0.4 is 20.1 Å². The fraction of sp³-hybridized carbons (Fsp3) is 0.300. The Morgan fingerprint density at radius 3 is 2.61 bits per heavy atom. The van der Waals surface area contributed by atoms with Gasteiger partial charge in [-0.05, 0) is 44.0 Å². The Balaban J connectivity index is 1.55. The predicted molar refractivity (Wildman–Crippen MR) is 99.7 cm³/mol. The fourth-order valence-corrected chi connectivity index (χ4v) is 2.56. The molecule has 0 heterocycles. The Hall–Kier alpha value is -3.16. The molecular formula is C20H20F2N2O4. The van der Waals surface area contributed by atoms with Crippen LogP contribution in [0.5, 0.6) is 11.5 Å². The highest BCUT2D eigenvalue weighted by molar-refractivity contribution is 5.94. The van der Waals surface area contributed by atoms with E-state index in [1.807, 2.05) is 0 Å². The maximum atomic E-state index is 12.4. The van der Waals surface area contributed by atoms with Gasteiger partial charge in [-0.3, -0.25) is 9.59 Å². The SMILES string of the molecule is Cc1c(NC(=O)COc2cccc(NC(=O)C3CC3)c2)cccc1OC(F)F. The van der Waals surface area contributed by atoms with Crippen molar-refractivity contribution in [2.24, 2.45) is 5.92 Å². The molecule has 2 aromatic rings. The van der Waals surface area contributed by atoms with Crippen LogP contribution in [0.3, 0.4) is 0 Å². The molecule has 1 aliphatic rings. The summed E-state index contributed by atoms with van der Waals surface area (Å²) in [5, 5.41) is 5.41. The summed E-state index contributed by atoms with van der Waals surface area (Å²) in [6, 6.07) is 11.2. The van der Waals surface area contributed by atoms with Crippen molar-refractivity contribution in [2.45, 2.75) is 26.4 Å². The van der Waals surface area contributed by atoms with Crippen LogP contribution in [0.25, 0.3) is 0 Å². The Morgan fingerprint density at radius 2 is 1.89 bits per heavy atom. The van der Waals surface area contributed by atoms with Crippen molar-refractivity contribution in [1.82, 2.24) is 0 Å². The normalized spacial score (nSPS) is 13.1. The number of hydrogen-bond acceptors (Lipinski definition) is 4. The number of carbonyl (C=O) groups excluding carboxylic acids is 2. The molecule has 2 N–H and O–H groups in total. The van der Waals surface area contributed by atoms with Gasteiger partial charge < -0.3 is 20.1 Å². The molecule has 148 valence electrons. The maximum absolute atomic E-state index is 12.4. The van der Waals surface area contributed by atoms with Gasteiger partial charge in [-0.2, -0.15) is 8.78 Å². The summed E-state index contributed by atoms with van der Waals surface area (Å²) in [6.07, 6.45) is 1.82. The van der Waals surface area contributed by atoms with Gasteiger partial charge in [0.25, 0.3) is 5.91 Å². The number of halogens is 2. The highest BCUT2D eigenvalue weighted by Crippen LogP contribution is 2.30. The van der Waals surface area contributed by atoms with Crippen molar-refractivity contribution in [2.75, 3.05) is 17.2 Å². The molecule has 1 fully saturated rings. The molecule has 1 aliphatic carbocycles. The average Bonchev–Trinajstić information content (AvgIpc) is 3.49. The second-order valence-corrected chi connectivity index (χ2v) is 6.44. The zero-order valence-electron chi connectivity index (χ0n) is 15.2. The summed E-state index contributed by atoms with van der Waals surface area (Å²) in [4.78, 5) is 23.9. The van der Waals surface area contributed by atoms with Crippen molar-refractivity contribution in [3.05, 3.63) is 48.0 Å². The van der Waals surface area contributed by atoms with Crippen molar-refractivity contribution < 1.29 is 27.8 Å². The van der Waals surface area contributed by atoms with Gasteiger partial charge in [0.05, 0.1) is 0 Å². The largest absolute Gasteiger partial charge is 0.484 e. The van der Waals surface area contributed by atoms with Gasteiger partial charge in [0.2, 0.25) is 5.91 Å². The number of nitrogens with one attached hydrogen (secondary N) is 2. The smallest absolute Gasteiger partial charge is 0.387 e. The summed E-state index contributed by atoms with van der Waals surface area (Å²) < 4.78 is 34.7. The quantitative estimate of drug-likeness (QED) is 0.715. The summed E-state index contributed by atoms with van der Waals surface area (Å²) >= 11 is 0. The van der Waals surface area contributed by atoms with Crippen LogP contribution >= 0.6 is 0 Å². The lowest BCUT2D eigenvalue weighted by Gasteiger charge is -2.13. The highest BCUT2D eigenvalue weighted by Gasteiger charge is 2.29. The van der Waals surface area contributed by atoms with E-state index >= 15 is 0 Å². The first-order valence-electron chi connectivity index (χ1n) is 8.80. The van der Waals surface area contributed by atoms with E-state index in [0.29, 0.717) is 22.7 Å². The molecule has 0 bridgehead atoms. The van der Waals surface area contributed by atoms with E-state index in [-0.39, 0.29) is 24.2 Å². The molecule has 0 radical (unpaired) electrons. The molecule has 2 amide bonds. The van der Waals surface area contributed by atoms with Crippen molar-refractivity contribution in [3.63, 3.8) is 0 Å². The van der Waals surface area contributed by atoms with Crippen LogP contribution in [0.2, 0.25) is 0 Å². The van der Waals surface area contributed by atoms with Gasteiger partial charge in [0, 0.05) is 28.9 Å². The van der Waals surface area contributed by atoms with Crippen LogP contribution in [0.4, 0.5) is 20.2 Å². The molecule has 0 unspecified atom stereocenters. The van der Waals surface area contributed by atoms with Gasteiger partial charge >= 0.3 is 6.61 Å². The average molecular weight is 390 g/mol. The number of hydrogen-bond donors (Lipinski definition) is 2. The number of ether oxygens (including phenoxy) is 2. The molecule has 6 nitrogen and oxygen atoms in total. The van der Waals surface area contributed by atoms with E-state index in [1.165, 1.54) is 12.1 Å². The van der Waals surface area contributed by atoms with E-state index in [9.17, 15) is 18.4 Å². The van der Waals surface area contributed by atoms with Crippen molar-refractivity contribution in [1.29, 1.82) is 0 Å². The van der Waals surface area contributed by atoms with E-state index in [2.05, 4.69) is 15.4 Å². The molecule has 8 heteroatoms. The van der Waals surface area contributed by atoms with Crippen LogP contribution in [-0.2, 0) is 9.59 Å². The number of alkyl halides is 2. The van der Waals surface area contributed by atoms with E-state index in [4.69, 9.17) is 4.74 Å². The Morgan fingerprint density at radius 1 is 1.14 bits per heavy atom. The molecule has 0 aromatic heterocycles. The molecule has 0 spiro atoms. The van der Waals surface area contributed by atoms with E-state index in [0.717, 1.165) is 12.8 Å². The topological polar surface area (TPSA) is 76.7 Å². The number of carbonyl (C=O) groups is 2. The number of amides is 2. The second-order valence-electron chi connectivity index (χ2n) is 6.44. The van der Waals surface area contributed by atoms with E-state index in [1.54, 1.807) is 37.3 Å². The monoisotopic (exact) mass is 390 g/mol. The zero-order chi connectivity index (χ0) is 20.1. The minimum atomic E-state index is -2.94. The first-order valence-corrected chi connectivity index (χ1v) is 8.80. The minimum Gasteiger partial charge on any atom is -0.484 e. The predicted octanol–water partition coefficient (Wildman–Crippen LogP) is 3.96. The lowest BCUT2D eigenvalue weighted by Crippen LogP contribution is -2.21. The summed E-state index contributed by atoms with van der Waals surface area (Å²) in [7, 11) is 0. The van der Waals surface area contributed by atoms with Crippen molar-refractivity contribution >= 4 is 23.2 Å². The number of rotatable bonds is 8. The summed E-state index contributed by atoms with van der Waals surface area (Å²) in [5.41, 5.74) is 1.35. The van der Waals surface area contributed by atoms with Gasteiger partial charge in [0.15, 0.2) is 6.61 Å².